The number of rotatable bonds is 2. The lowest BCUT2D eigenvalue weighted by molar-refractivity contribution is 0.597. The fourth-order valence-electron chi connectivity index (χ4n) is 3.16. The van der Waals surface area contributed by atoms with Crippen LogP contribution in [0.4, 0.5) is 5.69 Å². The molecule has 0 fully saturated rings. The molecule has 1 aliphatic carbocycles. The molecule has 0 radical (unpaired) electrons. The number of fused-ring (bicyclic) bond motifs is 1. The molecule has 0 spiro atoms. The van der Waals surface area contributed by atoms with Crippen LogP contribution >= 0.6 is 0 Å². The quantitative estimate of drug-likeness (QED) is 0.687. The first-order chi connectivity index (χ1) is 9.33. The zero-order valence-electron chi connectivity index (χ0n) is 11.5. The lowest BCUT2D eigenvalue weighted by atomic mass is 9.84. The molecule has 2 unspecified atom stereocenters. The average molecular weight is 251 g/mol. The van der Waals surface area contributed by atoms with Gasteiger partial charge in [0.1, 0.15) is 0 Å². The summed E-state index contributed by atoms with van der Waals surface area (Å²) in [6, 6.07) is 8.63. The summed E-state index contributed by atoms with van der Waals surface area (Å²) in [5.41, 5.74) is 4.20. The third-order valence-corrected chi connectivity index (χ3v) is 4.12. The summed E-state index contributed by atoms with van der Waals surface area (Å²) in [4.78, 5) is 4.59. The summed E-state index contributed by atoms with van der Waals surface area (Å²) >= 11 is 0. The van der Waals surface area contributed by atoms with Crippen molar-refractivity contribution in [3.8, 4) is 0 Å². The van der Waals surface area contributed by atoms with Crippen LogP contribution in [0.5, 0.6) is 0 Å². The Morgan fingerprint density at radius 3 is 3.05 bits per heavy atom. The molecule has 1 heteroatoms. The van der Waals surface area contributed by atoms with Gasteiger partial charge < -0.3 is 0 Å². The fraction of sp³-hybridized carbons (Fsp3) is 0.389. The van der Waals surface area contributed by atoms with E-state index in [0.29, 0.717) is 11.8 Å². The van der Waals surface area contributed by atoms with Crippen molar-refractivity contribution >= 4 is 11.9 Å². The lowest BCUT2D eigenvalue weighted by Crippen LogP contribution is -2.04. The average Bonchev–Trinajstić information content (AvgIpc) is 2.62. The van der Waals surface area contributed by atoms with Crippen molar-refractivity contribution < 1.29 is 0 Å². The molecule has 2 aliphatic rings. The van der Waals surface area contributed by atoms with Crippen molar-refractivity contribution in [1.82, 2.24) is 0 Å². The Bertz CT molecular complexity index is 536. The first-order valence-corrected chi connectivity index (χ1v) is 7.30. The summed E-state index contributed by atoms with van der Waals surface area (Å²) in [5, 5.41) is 0. The van der Waals surface area contributed by atoms with Crippen LogP contribution in [0.1, 0.15) is 44.1 Å². The first kappa shape index (κ1) is 12.4. The van der Waals surface area contributed by atoms with Gasteiger partial charge in [0.05, 0.1) is 5.69 Å². The van der Waals surface area contributed by atoms with Crippen LogP contribution in [-0.4, -0.2) is 6.21 Å². The Morgan fingerprint density at radius 1 is 1.26 bits per heavy atom. The maximum atomic E-state index is 4.59. The second kappa shape index (κ2) is 5.56. The highest BCUT2D eigenvalue weighted by Gasteiger charge is 2.19. The van der Waals surface area contributed by atoms with E-state index in [1.54, 1.807) is 5.57 Å². The Kier molecular flexibility index (Phi) is 3.63. The molecular weight excluding hydrogens is 230 g/mol. The molecule has 0 amide bonds. The minimum Gasteiger partial charge on any atom is -0.261 e. The fourth-order valence-corrected chi connectivity index (χ4v) is 3.16. The molecule has 0 saturated carbocycles. The lowest BCUT2D eigenvalue weighted by Gasteiger charge is -2.21. The van der Waals surface area contributed by atoms with Crippen LogP contribution in [0.15, 0.2) is 53.1 Å². The van der Waals surface area contributed by atoms with Gasteiger partial charge in [-0.1, -0.05) is 48.9 Å². The summed E-state index contributed by atoms with van der Waals surface area (Å²) in [6.07, 6.45) is 13.6. The van der Waals surface area contributed by atoms with Crippen molar-refractivity contribution in [1.29, 1.82) is 0 Å². The molecule has 0 bridgehead atoms. The predicted octanol–water partition coefficient (Wildman–Crippen LogP) is 5.18. The Labute approximate surface area is 115 Å². The zero-order chi connectivity index (χ0) is 13.1. The standard InChI is InChI=1S/C18H21N/c1-14-6-4-7-15(12-14)13-16-8-5-11-19-18-10-3-2-9-17(16)18/h2-4,6-7,9-11,14,16H,5,8,12-13H2,1H3. The van der Waals surface area contributed by atoms with Crippen molar-refractivity contribution in [3.63, 3.8) is 0 Å². The van der Waals surface area contributed by atoms with Gasteiger partial charge in [-0.15, -0.1) is 0 Å². The number of benzene rings is 1. The van der Waals surface area contributed by atoms with Crippen molar-refractivity contribution in [2.24, 2.45) is 10.9 Å². The Hall–Kier alpha value is -1.63. The monoisotopic (exact) mass is 251 g/mol. The van der Waals surface area contributed by atoms with E-state index in [9.17, 15) is 0 Å². The minimum absolute atomic E-state index is 0.628. The number of nitrogens with zero attached hydrogens (tertiary/aromatic N) is 1. The van der Waals surface area contributed by atoms with Crippen molar-refractivity contribution in [2.45, 2.75) is 38.5 Å². The molecule has 1 heterocycles. The Morgan fingerprint density at radius 2 is 2.16 bits per heavy atom. The number of aliphatic imine (C=N–C) groups is 1. The summed E-state index contributed by atoms with van der Waals surface area (Å²) in [6.45, 7) is 2.30. The van der Waals surface area contributed by atoms with E-state index in [1.165, 1.54) is 30.5 Å². The summed E-state index contributed by atoms with van der Waals surface area (Å²) in [7, 11) is 0. The molecule has 1 aliphatic heterocycles. The van der Waals surface area contributed by atoms with Crippen LogP contribution in [0.25, 0.3) is 0 Å². The van der Waals surface area contributed by atoms with Crippen LogP contribution in [-0.2, 0) is 0 Å². The van der Waals surface area contributed by atoms with Gasteiger partial charge in [-0.3, -0.25) is 4.99 Å². The first-order valence-electron chi connectivity index (χ1n) is 7.30. The van der Waals surface area contributed by atoms with Gasteiger partial charge in [0.15, 0.2) is 0 Å². The van der Waals surface area contributed by atoms with Crippen LogP contribution in [0.2, 0.25) is 0 Å². The molecule has 1 nitrogen and oxygen atoms in total. The van der Waals surface area contributed by atoms with Gasteiger partial charge in [0, 0.05) is 6.21 Å². The van der Waals surface area contributed by atoms with Crippen LogP contribution in [0.3, 0.4) is 0 Å². The van der Waals surface area contributed by atoms with Gasteiger partial charge in [-0.25, -0.2) is 0 Å². The molecule has 3 rings (SSSR count). The number of allylic oxidation sites excluding steroid dienone is 4. The molecule has 0 N–H and O–H groups in total. The van der Waals surface area contributed by atoms with Gasteiger partial charge in [0.25, 0.3) is 0 Å². The Balaban J connectivity index is 1.82. The topological polar surface area (TPSA) is 12.4 Å². The molecule has 0 aromatic heterocycles. The highest BCUT2D eigenvalue weighted by Crippen LogP contribution is 2.38. The van der Waals surface area contributed by atoms with E-state index < -0.39 is 0 Å². The van der Waals surface area contributed by atoms with Gasteiger partial charge in [-0.2, -0.15) is 0 Å². The van der Waals surface area contributed by atoms with E-state index in [-0.39, 0.29) is 0 Å². The molecular formula is C18H21N. The van der Waals surface area contributed by atoms with E-state index >= 15 is 0 Å². The van der Waals surface area contributed by atoms with Gasteiger partial charge in [0.2, 0.25) is 0 Å². The van der Waals surface area contributed by atoms with Crippen LogP contribution in [0, 0.1) is 5.92 Å². The number of para-hydroxylation sites is 1. The van der Waals surface area contributed by atoms with Crippen molar-refractivity contribution in [2.75, 3.05) is 0 Å². The van der Waals surface area contributed by atoms with Crippen molar-refractivity contribution in [3.05, 3.63) is 53.6 Å². The summed E-state index contributed by atoms with van der Waals surface area (Å²) < 4.78 is 0. The van der Waals surface area contributed by atoms with E-state index in [2.05, 4.69) is 60.6 Å². The van der Waals surface area contributed by atoms with Gasteiger partial charge in [-0.05, 0) is 49.1 Å². The highest BCUT2D eigenvalue weighted by molar-refractivity contribution is 5.67. The molecule has 1 aromatic carbocycles. The predicted molar refractivity (Wildman–Crippen MR) is 82.2 cm³/mol. The van der Waals surface area contributed by atoms with Gasteiger partial charge >= 0.3 is 0 Å². The molecule has 98 valence electrons. The molecule has 1 aromatic rings. The number of hydrogen-bond acceptors (Lipinski definition) is 1. The zero-order valence-corrected chi connectivity index (χ0v) is 11.5. The third-order valence-electron chi connectivity index (χ3n) is 4.12. The second-order valence-electron chi connectivity index (χ2n) is 5.74. The normalized spacial score (nSPS) is 25.6. The smallest absolute Gasteiger partial charge is 0.0660 e. The minimum atomic E-state index is 0.628. The molecule has 19 heavy (non-hydrogen) atoms. The van der Waals surface area contributed by atoms with Crippen LogP contribution < -0.4 is 0 Å². The third kappa shape index (κ3) is 2.86. The number of hydrogen-bond donors (Lipinski definition) is 0. The van der Waals surface area contributed by atoms with E-state index in [4.69, 9.17) is 0 Å². The van der Waals surface area contributed by atoms with E-state index in [0.717, 1.165) is 6.42 Å². The maximum Gasteiger partial charge on any atom is 0.0660 e. The largest absolute Gasteiger partial charge is 0.261 e. The SMILES string of the molecule is CC1C=CC=C(CC2CCC=Nc3ccccc32)C1. The summed E-state index contributed by atoms with van der Waals surface area (Å²) in [5.74, 6) is 1.32. The second-order valence-corrected chi connectivity index (χ2v) is 5.74. The maximum absolute atomic E-state index is 4.59. The molecule has 2 atom stereocenters. The molecule has 0 saturated heterocycles. The van der Waals surface area contributed by atoms with E-state index in [1.807, 2.05) is 0 Å². The highest BCUT2D eigenvalue weighted by atomic mass is 14.7.